The molecule has 0 aliphatic rings. The van der Waals surface area contributed by atoms with Crippen molar-refractivity contribution in [2.24, 2.45) is 0 Å². The molecule has 0 radical (unpaired) electrons. The van der Waals surface area contributed by atoms with E-state index in [0.29, 0.717) is 16.6 Å². The summed E-state index contributed by atoms with van der Waals surface area (Å²) in [4.78, 5) is 22.4. The number of non-ortho nitro benzene ring substituents is 1. The highest BCUT2D eigenvalue weighted by Gasteiger charge is 2.09. The van der Waals surface area contributed by atoms with E-state index in [1.54, 1.807) is 24.3 Å². The van der Waals surface area contributed by atoms with E-state index < -0.39 is 4.92 Å². The van der Waals surface area contributed by atoms with E-state index in [0.717, 1.165) is 11.3 Å². The standard InChI is InChI=1S/C21H20N4O3S/c1-14(2)15-3-7-17(8-4-15)22-20(26)13-29-21-12-11-19(23-24-21)16-5-9-18(10-6-16)25(27)28/h3-12,14H,13H2,1-2H3,(H,22,26). The second kappa shape index (κ2) is 9.29. The Labute approximate surface area is 172 Å². The normalized spacial score (nSPS) is 10.7. The first kappa shape index (κ1) is 20.5. The van der Waals surface area contributed by atoms with E-state index in [-0.39, 0.29) is 17.3 Å². The van der Waals surface area contributed by atoms with E-state index in [9.17, 15) is 14.9 Å². The van der Waals surface area contributed by atoms with E-state index >= 15 is 0 Å². The van der Waals surface area contributed by atoms with E-state index in [1.165, 1.54) is 29.5 Å². The van der Waals surface area contributed by atoms with Gasteiger partial charge in [0.1, 0.15) is 5.03 Å². The van der Waals surface area contributed by atoms with Gasteiger partial charge in [-0.15, -0.1) is 10.2 Å². The minimum Gasteiger partial charge on any atom is -0.325 e. The number of benzene rings is 2. The average molecular weight is 408 g/mol. The van der Waals surface area contributed by atoms with Gasteiger partial charge < -0.3 is 5.32 Å². The molecule has 3 aromatic rings. The Kier molecular flexibility index (Phi) is 6.56. The van der Waals surface area contributed by atoms with Crippen molar-refractivity contribution in [2.45, 2.75) is 24.8 Å². The molecule has 1 amide bonds. The molecular weight excluding hydrogens is 388 g/mol. The van der Waals surface area contributed by atoms with Crippen molar-refractivity contribution >= 4 is 29.0 Å². The van der Waals surface area contributed by atoms with Crippen LogP contribution in [0.2, 0.25) is 0 Å². The number of nitro benzene ring substituents is 1. The number of carbonyl (C=O) groups is 1. The summed E-state index contributed by atoms with van der Waals surface area (Å²) >= 11 is 1.29. The molecule has 8 heteroatoms. The van der Waals surface area contributed by atoms with Crippen LogP contribution < -0.4 is 5.32 Å². The fourth-order valence-corrected chi connectivity index (χ4v) is 3.21. The van der Waals surface area contributed by atoms with Crippen LogP contribution in [-0.2, 0) is 4.79 Å². The number of nitrogens with one attached hydrogen (secondary N) is 1. The number of nitrogens with zero attached hydrogens (tertiary/aromatic N) is 3. The number of thioether (sulfide) groups is 1. The quantitative estimate of drug-likeness (QED) is 0.339. The van der Waals surface area contributed by atoms with E-state index in [1.807, 2.05) is 24.3 Å². The second-order valence-corrected chi connectivity index (χ2v) is 7.67. The smallest absolute Gasteiger partial charge is 0.269 e. The number of hydrogen-bond acceptors (Lipinski definition) is 6. The summed E-state index contributed by atoms with van der Waals surface area (Å²) in [5.41, 5.74) is 3.36. The van der Waals surface area contributed by atoms with Gasteiger partial charge in [-0.05, 0) is 47.9 Å². The monoisotopic (exact) mass is 408 g/mol. The molecular formula is C21H20N4O3S. The summed E-state index contributed by atoms with van der Waals surface area (Å²) in [6.07, 6.45) is 0. The molecule has 1 heterocycles. The van der Waals surface area contributed by atoms with Crippen LogP contribution in [0.15, 0.2) is 65.7 Å². The Morgan fingerprint density at radius 2 is 1.72 bits per heavy atom. The van der Waals surface area contributed by atoms with Crippen LogP contribution in [0.1, 0.15) is 25.3 Å². The van der Waals surface area contributed by atoms with Crippen LogP contribution in [-0.4, -0.2) is 26.8 Å². The lowest BCUT2D eigenvalue weighted by Gasteiger charge is -2.08. The summed E-state index contributed by atoms with van der Waals surface area (Å²) in [6, 6.07) is 17.5. The van der Waals surface area contributed by atoms with Gasteiger partial charge in [0.2, 0.25) is 5.91 Å². The molecule has 0 spiro atoms. The van der Waals surface area contributed by atoms with Crippen LogP contribution in [0, 0.1) is 10.1 Å². The summed E-state index contributed by atoms with van der Waals surface area (Å²) in [6.45, 7) is 4.25. The molecule has 0 aliphatic carbocycles. The maximum absolute atomic E-state index is 12.1. The molecule has 7 nitrogen and oxygen atoms in total. The summed E-state index contributed by atoms with van der Waals surface area (Å²) in [5, 5.41) is 22.5. The molecule has 0 atom stereocenters. The molecule has 2 aromatic carbocycles. The maximum Gasteiger partial charge on any atom is 0.269 e. The van der Waals surface area contributed by atoms with Crippen molar-refractivity contribution in [1.29, 1.82) is 0 Å². The van der Waals surface area contributed by atoms with E-state index in [4.69, 9.17) is 0 Å². The number of aromatic nitrogens is 2. The van der Waals surface area contributed by atoms with Gasteiger partial charge in [-0.1, -0.05) is 37.7 Å². The van der Waals surface area contributed by atoms with Crippen LogP contribution >= 0.6 is 11.8 Å². The number of amides is 1. The first-order chi connectivity index (χ1) is 13.9. The lowest BCUT2D eigenvalue weighted by Crippen LogP contribution is -2.14. The first-order valence-electron chi connectivity index (χ1n) is 9.03. The minimum atomic E-state index is -0.446. The highest BCUT2D eigenvalue weighted by Crippen LogP contribution is 2.22. The van der Waals surface area contributed by atoms with Crippen molar-refractivity contribution in [3.8, 4) is 11.3 Å². The Morgan fingerprint density at radius 3 is 2.28 bits per heavy atom. The maximum atomic E-state index is 12.1. The average Bonchev–Trinajstić information content (AvgIpc) is 2.73. The van der Waals surface area contributed by atoms with Gasteiger partial charge in [0, 0.05) is 23.4 Å². The molecule has 3 rings (SSSR count). The third-order valence-electron chi connectivity index (χ3n) is 4.23. The van der Waals surface area contributed by atoms with Crippen molar-refractivity contribution in [3.63, 3.8) is 0 Å². The van der Waals surface area contributed by atoms with Crippen LogP contribution in [0.5, 0.6) is 0 Å². The molecule has 0 unspecified atom stereocenters. The van der Waals surface area contributed by atoms with Gasteiger partial charge >= 0.3 is 0 Å². The predicted octanol–water partition coefficient (Wildman–Crippen LogP) is 4.91. The van der Waals surface area contributed by atoms with Crippen LogP contribution in [0.25, 0.3) is 11.3 Å². The van der Waals surface area contributed by atoms with Crippen molar-refractivity contribution in [2.75, 3.05) is 11.1 Å². The van der Waals surface area contributed by atoms with Crippen LogP contribution in [0.4, 0.5) is 11.4 Å². The number of carbonyl (C=O) groups excluding carboxylic acids is 1. The van der Waals surface area contributed by atoms with Gasteiger partial charge in [-0.2, -0.15) is 0 Å². The molecule has 0 fully saturated rings. The highest BCUT2D eigenvalue weighted by molar-refractivity contribution is 7.99. The Balaban J connectivity index is 1.54. The second-order valence-electron chi connectivity index (χ2n) is 6.67. The zero-order chi connectivity index (χ0) is 20.8. The highest BCUT2D eigenvalue weighted by atomic mass is 32.2. The Bertz CT molecular complexity index is 988. The minimum absolute atomic E-state index is 0.0266. The molecule has 1 aromatic heterocycles. The summed E-state index contributed by atoms with van der Waals surface area (Å²) in [5.74, 6) is 0.550. The fraction of sp³-hybridized carbons (Fsp3) is 0.190. The first-order valence-corrected chi connectivity index (χ1v) is 10.0. The SMILES string of the molecule is CC(C)c1ccc(NC(=O)CSc2ccc(-c3ccc([N+](=O)[O-])cc3)nn2)cc1. The molecule has 29 heavy (non-hydrogen) atoms. The lowest BCUT2D eigenvalue weighted by molar-refractivity contribution is -0.384. The summed E-state index contributed by atoms with van der Waals surface area (Å²) in [7, 11) is 0. The third-order valence-corrected chi connectivity index (χ3v) is 5.15. The predicted molar refractivity (Wildman–Crippen MR) is 114 cm³/mol. The van der Waals surface area contributed by atoms with Gasteiger partial charge in [0.05, 0.1) is 16.4 Å². The third kappa shape index (κ3) is 5.61. The van der Waals surface area contributed by atoms with Gasteiger partial charge in [0.25, 0.3) is 5.69 Å². The number of nitro groups is 1. The molecule has 148 valence electrons. The van der Waals surface area contributed by atoms with Gasteiger partial charge in [0.15, 0.2) is 0 Å². The molecule has 0 saturated heterocycles. The van der Waals surface area contributed by atoms with Gasteiger partial charge in [-0.3, -0.25) is 14.9 Å². The Hall–Kier alpha value is -3.26. The van der Waals surface area contributed by atoms with Crippen molar-refractivity contribution in [1.82, 2.24) is 10.2 Å². The largest absolute Gasteiger partial charge is 0.325 e. The van der Waals surface area contributed by atoms with Crippen molar-refractivity contribution in [3.05, 3.63) is 76.3 Å². The fourth-order valence-electron chi connectivity index (χ4n) is 2.59. The topological polar surface area (TPSA) is 98.0 Å². The molecule has 0 aliphatic heterocycles. The van der Waals surface area contributed by atoms with Crippen molar-refractivity contribution < 1.29 is 9.72 Å². The number of anilines is 1. The van der Waals surface area contributed by atoms with Crippen LogP contribution in [0.3, 0.4) is 0 Å². The zero-order valence-electron chi connectivity index (χ0n) is 16.0. The molecule has 0 saturated carbocycles. The molecule has 1 N–H and O–H groups in total. The zero-order valence-corrected chi connectivity index (χ0v) is 16.8. The summed E-state index contributed by atoms with van der Waals surface area (Å²) < 4.78 is 0. The van der Waals surface area contributed by atoms with E-state index in [2.05, 4.69) is 29.4 Å². The number of rotatable bonds is 7. The van der Waals surface area contributed by atoms with Gasteiger partial charge in [-0.25, -0.2) is 0 Å². The Morgan fingerprint density at radius 1 is 1.03 bits per heavy atom. The lowest BCUT2D eigenvalue weighted by atomic mass is 10.0. The number of hydrogen-bond donors (Lipinski definition) is 1. The molecule has 0 bridgehead atoms.